The van der Waals surface area contributed by atoms with Gasteiger partial charge in [0.1, 0.15) is 11.5 Å². The van der Waals surface area contributed by atoms with E-state index in [0.717, 1.165) is 51.5 Å². The Hall–Kier alpha value is -2.66. The lowest BCUT2D eigenvalue weighted by Gasteiger charge is -2.33. The van der Waals surface area contributed by atoms with Gasteiger partial charge in [0.05, 0.1) is 13.7 Å². The van der Waals surface area contributed by atoms with E-state index in [-0.39, 0.29) is 18.5 Å². The van der Waals surface area contributed by atoms with Gasteiger partial charge in [-0.05, 0) is 6.42 Å². The summed E-state index contributed by atoms with van der Waals surface area (Å²) >= 11 is 0. The van der Waals surface area contributed by atoms with Crippen LogP contribution in [0.15, 0.2) is 6.20 Å². The summed E-state index contributed by atoms with van der Waals surface area (Å²) in [4.78, 5) is 43.2. The minimum absolute atomic E-state index is 0.0545. The number of carboxylic acid groups (broad SMARTS) is 1. The van der Waals surface area contributed by atoms with Gasteiger partial charge in [0.25, 0.3) is 12.4 Å². The second-order valence-corrected chi connectivity index (χ2v) is 7.39. The second kappa shape index (κ2) is 10.4. The summed E-state index contributed by atoms with van der Waals surface area (Å²) in [6.07, 6.45) is 3.50. The van der Waals surface area contributed by atoms with Crippen LogP contribution in [0.3, 0.4) is 0 Å². The number of ether oxygens (including phenoxy) is 2. The molecular weight excluding hydrogens is 394 g/mol. The first kappa shape index (κ1) is 22.0. The molecule has 2 fully saturated rings. The Balaban J connectivity index is 0.000000806. The average molecular weight is 423 g/mol. The second-order valence-electron chi connectivity index (χ2n) is 7.39. The Morgan fingerprint density at radius 1 is 1.17 bits per heavy atom. The van der Waals surface area contributed by atoms with Gasteiger partial charge >= 0.3 is 6.09 Å². The Kier molecular flexibility index (Phi) is 7.63. The van der Waals surface area contributed by atoms with Crippen LogP contribution in [-0.2, 0) is 27.2 Å². The molecular formula is C19H29N5O6. The molecule has 0 radical (unpaired) electrons. The van der Waals surface area contributed by atoms with Gasteiger partial charge < -0.3 is 28.9 Å². The molecule has 0 aromatic carbocycles. The highest BCUT2D eigenvalue weighted by Gasteiger charge is 2.29. The van der Waals surface area contributed by atoms with Gasteiger partial charge in [-0.1, -0.05) is 0 Å². The molecule has 2 amide bonds. The predicted octanol–water partition coefficient (Wildman–Crippen LogP) is -0.245. The van der Waals surface area contributed by atoms with E-state index in [4.69, 9.17) is 19.4 Å². The molecule has 1 aromatic rings. The van der Waals surface area contributed by atoms with Gasteiger partial charge in [-0.3, -0.25) is 14.5 Å². The third kappa shape index (κ3) is 5.08. The third-order valence-electron chi connectivity index (χ3n) is 5.75. The van der Waals surface area contributed by atoms with Crippen LogP contribution in [0.4, 0.5) is 4.79 Å². The monoisotopic (exact) mass is 423 g/mol. The van der Waals surface area contributed by atoms with E-state index in [1.807, 2.05) is 6.20 Å². The van der Waals surface area contributed by atoms with Crippen molar-refractivity contribution in [1.29, 1.82) is 0 Å². The van der Waals surface area contributed by atoms with Crippen LogP contribution < -0.4 is 0 Å². The minimum Gasteiger partial charge on any atom is -0.483 e. The fourth-order valence-corrected chi connectivity index (χ4v) is 4.10. The van der Waals surface area contributed by atoms with Crippen LogP contribution >= 0.6 is 0 Å². The zero-order valence-corrected chi connectivity index (χ0v) is 17.2. The Bertz CT molecular complexity index is 714. The zero-order chi connectivity index (χ0) is 21.5. The van der Waals surface area contributed by atoms with E-state index in [1.165, 1.54) is 7.11 Å². The fourth-order valence-electron chi connectivity index (χ4n) is 4.10. The number of hydrogen-bond donors (Lipinski definition) is 1. The van der Waals surface area contributed by atoms with Crippen molar-refractivity contribution in [3.63, 3.8) is 0 Å². The first-order chi connectivity index (χ1) is 14.6. The number of carbonyl (C=O) groups excluding carboxylic acids is 2. The van der Waals surface area contributed by atoms with E-state index < -0.39 is 0 Å². The Morgan fingerprint density at radius 3 is 2.50 bits per heavy atom. The van der Waals surface area contributed by atoms with E-state index >= 15 is 0 Å². The summed E-state index contributed by atoms with van der Waals surface area (Å²) < 4.78 is 12.4. The van der Waals surface area contributed by atoms with Crippen molar-refractivity contribution < 1.29 is 29.0 Å². The number of carbonyl (C=O) groups is 3. The molecule has 0 aliphatic carbocycles. The molecule has 11 nitrogen and oxygen atoms in total. The van der Waals surface area contributed by atoms with Crippen molar-refractivity contribution in [3.8, 4) is 0 Å². The average Bonchev–Trinajstić information content (AvgIpc) is 3.40. The maximum absolute atomic E-state index is 12.8. The van der Waals surface area contributed by atoms with Crippen molar-refractivity contribution in [3.05, 3.63) is 17.7 Å². The summed E-state index contributed by atoms with van der Waals surface area (Å²) in [6.45, 7) is 6.19. The van der Waals surface area contributed by atoms with Crippen molar-refractivity contribution in [2.24, 2.45) is 0 Å². The molecule has 2 saturated heterocycles. The number of fused-ring (bicyclic) bond motifs is 1. The lowest BCUT2D eigenvalue weighted by Crippen LogP contribution is -2.50. The molecule has 3 aliphatic rings. The summed E-state index contributed by atoms with van der Waals surface area (Å²) in [7, 11) is 1.37. The van der Waals surface area contributed by atoms with Crippen molar-refractivity contribution in [1.82, 2.24) is 24.3 Å². The van der Waals surface area contributed by atoms with E-state index in [2.05, 4.69) is 14.5 Å². The standard InChI is InChI=1S/C18H27N5O4.CH2O2/c1-26-18(25)22-8-6-21(7-9-22)17(24)15-12-23-10-5-20(4-2-16(23)19-15)14-3-11-27-13-14;2-1-3/h12,14H,2-11,13H2,1H3;1H,(H,2,3). The molecule has 4 heterocycles. The molecule has 3 aliphatic heterocycles. The molecule has 0 saturated carbocycles. The number of hydrogen-bond acceptors (Lipinski definition) is 7. The SMILES string of the molecule is COC(=O)N1CCN(C(=O)c2cn3c(n2)CCN(C2CCOC2)CC3)CC1.O=CO. The van der Waals surface area contributed by atoms with Crippen LogP contribution in [0.25, 0.3) is 0 Å². The number of piperazine rings is 1. The quantitative estimate of drug-likeness (QED) is 0.648. The molecule has 30 heavy (non-hydrogen) atoms. The lowest BCUT2D eigenvalue weighted by atomic mass is 10.2. The predicted molar refractivity (Wildman–Crippen MR) is 105 cm³/mol. The van der Waals surface area contributed by atoms with Gasteiger partial charge in [0.2, 0.25) is 0 Å². The highest BCUT2D eigenvalue weighted by Crippen LogP contribution is 2.18. The molecule has 1 N–H and O–H groups in total. The molecule has 0 bridgehead atoms. The molecule has 4 rings (SSSR count). The van der Waals surface area contributed by atoms with Crippen LogP contribution in [0.5, 0.6) is 0 Å². The number of rotatable bonds is 2. The van der Waals surface area contributed by atoms with E-state index in [9.17, 15) is 9.59 Å². The summed E-state index contributed by atoms with van der Waals surface area (Å²) in [5, 5.41) is 6.89. The topological polar surface area (TPSA) is 117 Å². The molecule has 1 atom stereocenters. The van der Waals surface area contributed by atoms with Gasteiger partial charge in [-0.25, -0.2) is 9.78 Å². The molecule has 1 aromatic heterocycles. The van der Waals surface area contributed by atoms with Gasteiger partial charge in [0.15, 0.2) is 0 Å². The van der Waals surface area contributed by atoms with Crippen LogP contribution in [0.1, 0.15) is 22.7 Å². The maximum Gasteiger partial charge on any atom is 0.409 e. The van der Waals surface area contributed by atoms with Crippen molar-refractivity contribution >= 4 is 18.5 Å². The summed E-state index contributed by atoms with van der Waals surface area (Å²) in [5.41, 5.74) is 0.508. The lowest BCUT2D eigenvalue weighted by molar-refractivity contribution is -0.122. The first-order valence-electron chi connectivity index (χ1n) is 10.1. The molecule has 11 heteroatoms. The molecule has 1 unspecified atom stereocenters. The van der Waals surface area contributed by atoms with E-state index in [0.29, 0.717) is 37.9 Å². The Labute approximate surface area is 175 Å². The van der Waals surface area contributed by atoms with Crippen molar-refractivity contribution in [2.75, 3.05) is 59.6 Å². The normalized spacial score (nSPS) is 21.8. The highest BCUT2D eigenvalue weighted by atomic mass is 16.5. The number of nitrogens with zero attached hydrogens (tertiary/aromatic N) is 5. The van der Waals surface area contributed by atoms with Crippen molar-refractivity contribution in [2.45, 2.75) is 25.4 Å². The van der Waals surface area contributed by atoms with Crippen LogP contribution in [-0.4, -0.2) is 113 Å². The number of aromatic nitrogens is 2. The van der Waals surface area contributed by atoms with E-state index in [1.54, 1.807) is 9.80 Å². The number of imidazole rings is 1. The molecule has 0 spiro atoms. The first-order valence-corrected chi connectivity index (χ1v) is 10.1. The van der Waals surface area contributed by atoms with Crippen LogP contribution in [0.2, 0.25) is 0 Å². The van der Waals surface area contributed by atoms with Gasteiger partial charge in [-0.2, -0.15) is 0 Å². The van der Waals surface area contributed by atoms with Gasteiger partial charge in [0, 0.05) is 71.1 Å². The zero-order valence-electron chi connectivity index (χ0n) is 17.2. The highest BCUT2D eigenvalue weighted by molar-refractivity contribution is 5.92. The Morgan fingerprint density at radius 2 is 1.87 bits per heavy atom. The number of methoxy groups -OCH3 is 1. The largest absolute Gasteiger partial charge is 0.483 e. The van der Waals surface area contributed by atoms with Crippen LogP contribution in [0, 0.1) is 0 Å². The smallest absolute Gasteiger partial charge is 0.409 e. The van der Waals surface area contributed by atoms with Gasteiger partial charge in [-0.15, -0.1) is 0 Å². The fraction of sp³-hybridized carbons (Fsp3) is 0.684. The number of amides is 2. The summed E-state index contributed by atoms with van der Waals surface area (Å²) in [5.74, 6) is 0.925. The maximum atomic E-state index is 12.8. The minimum atomic E-state index is -0.340. The summed E-state index contributed by atoms with van der Waals surface area (Å²) in [6, 6.07) is 0.516. The molecule has 166 valence electrons. The third-order valence-corrected chi connectivity index (χ3v) is 5.75.